The van der Waals surface area contributed by atoms with E-state index < -0.39 is 0 Å². The van der Waals surface area contributed by atoms with Crippen molar-refractivity contribution in [2.75, 3.05) is 25.1 Å². The largest absolute Gasteiger partial charge is 0.490 e. The fourth-order valence-corrected chi connectivity index (χ4v) is 3.55. The zero-order valence-corrected chi connectivity index (χ0v) is 18.6. The van der Waals surface area contributed by atoms with Gasteiger partial charge in [-0.25, -0.2) is 9.97 Å². The second-order valence-corrected chi connectivity index (χ2v) is 7.25. The SMILES string of the molecule is CCOc1cc(C(=O)Nc2ccnc(Sc3ccccn3)c2)cc(OCC)c1OCC. The fraction of sp³-hybridized carbons (Fsp3) is 0.261. The van der Waals surface area contributed by atoms with E-state index in [0.717, 1.165) is 10.1 Å². The van der Waals surface area contributed by atoms with Gasteiger partial charge in [-0.15, -0.1) is 0 Å². The summed E-state index contributed by atoms with van der Waals surface area (Å²) in [7, 11) is 0. The molecule has 0 aliphatic rings. The Bertz CT molecular complexity index is 988. The van der Waals surface area contributed by atoms with Crippen molar-refractivity contribution in [2.24, 2.45) is 0 Å². The molecule has 0 aliphatic carbocycles. The van der Waals surface area contributed by atoms with Crippen LogP contribution in [0.15, 0.2) is 64.9 Å². The molecule has 0 radical (unpaired) electrons. The lowest BCUT2D eigenvalue weighted by molar-refractivity contribution is 0.102. The van der Waals surface area contributed by atoms with Gasteiger partial charge < -0.3 is 19.5 Å². The van der Waals surface area contributed by atoms with Crippen molar-refractivity contribution in [3.05, 3.63) is 60.4 Å². The van der Waals surface area contributed by atoms with Crippen LogP contribution < -0.4 is 19.5 Å². The highest BCUT2D eigenvalue weighted by Crippen LogP contribution is 2.39. The van der Waals surface area contributed by atoms with E-state index in [4.69, 9.17) is 14.2 Å². The third-order valence-corrected chi connectivity index (χ3v) is 4.89. The zero-order chi connectivity index (χ0) is 22.1. The second kappa shape index (κ2) is 11.2. The molecule has 2 heterocycles. The molecular formula is C23H25N3O4S. The summed E-state index contributed by atoms with van der Waals surface area (Å²) >= 11 is 1.42. The van der Waals surface area contributed by atoms with E-state index >= 15 is 0 Å². The summed E-state index contributed by atoms with van der Waals surface area (Å²) in [6, 6.07) is 12.5. The van der Waals surface area contributed by atoms with Crippen molar-refractivity contribution in [1.29, 1.82) is 0 Å². The number of aromatic nitrogens is 2. The lowest BCUT2D eigenvalue weighted by Crippen LogP contribution is -2.13. The first-order valence-electron chi connectivity index (χ1n) is 10.1. The molecule has 2 aromatic heterocycles. The molecule has 7 nitrogen and oxygen atoms in total. The van der Waals surface area contributed by atoms with E-state index in [2.05, 4.69) is 15.3 Å². The average Bonchev–Trinajstić information content (AvgIpc) is 2.77. The minimum Gasteiger partial charge on any atom is -0.490 e. The minimum absolute atomic E-state index is 0.287. The normalized spacial score (nSPS) is 10.4. The Morgan fingerprint density at radius 3 is 2.16 bits per heavy atom. The van der Waals surface area contributed by atoms with Crippen LogP contribution in [-0.2, 0) is 0 Å². The molecule has 0 aliphatic heterocycles. The van der Waals surface area contributed by atoms with E-state index in [9.17, 15) is 4.79 Å². The van der Waals surface area contributed by atoms with Gasteiger partial charge >= 0.3 is 0 Å². The van der Waals surface area contributed by atoms with Gasteiger partial charge in [0.15, 0.2) is 11.5 Å². The molecule has 3 rings (SSSR count). The highest BCUT2D eigenvalue weighted by Gasteiger charge is 2.18. The van der Waals surface area contributed by atoms with Crippen LogP contribution in [0.3, 0.4) is 0 Å². The number of amides is 1. The van der Waals surface area contributed by atoms with E-state index in [-0.39, 0.29) is 5.91 Å². The Kier molecular flexibility index (Phi) is 8.12. The molecule has 0 spiro atoms. The Hall–Kier alpha value is -3.26. The molecule has 1 N–H and O–H groups in total. The maximum atomic E-state index is 13.0. The molecular weight excluding hydrogens is 414 g/mol. The number of nitrogens with zero attached hydrogens (tertiary/aromatic N) is 2. The molecule has 0 bridgehead atoms. The molecule has 3 aromatic rings. The molecule has 0 fully saturated rings. The number of carbonyl (C=O) groups excluding carboxylic acids is 1. The smallest absolute Gasteiger partial charge is 0.255 e. The summed E-state index contributed by atoms with van der Waals surface area (Å²) in [5.74, 6) is 1.16. The van der Waals surface area contributed by atoms with Gasteiger partial charge in [-0.05, 0) is 57.2 Å². The Morgan fingerprint density at radius 2 is 1.55 bits per heavy atom. The summed E-state index contributed by atoms with van der Waals surface area (Å²) in [6.07, 6.45) is 3.38. The molecule has 0 unspecified atom stereocenters. The third kappa shape index (κ3) is 6.11. The predicted octanol–water partition coefficient (Wildman–Crippen LogP) is 5.08. The first kappa shape index (κ1) is 22.4. The highest BCUT2D eigenvalue weighted by molar-refractivity contribution is 7.99. The molecule has 8 heteroatoms. The summed E-state index contributed by atoms with van der Waals surface area (Å²) in [4.78, 5) is 21.6. The van der Waals surface area contributed by atoms with E-state index in [0.29, 0.717) is 48.3 Å². The summed E-state index contributed by atoms with van der Waals surface area (Å²) in [5.41, 5.74) is 1.04. The van der Waals surface area contributed by atoms with Crippen LogP contribution in [0.25, 0.3) is 0 Å². The van der Waals surface area contributed by atoms with Crippen molar-refractivity contribution in [1.82, 2.24) is 9.97 Å². The summed E-state index contributed by atoms with van der Waals surface area (Å²) < 4.78 is 17.1. The number of hydrogen-bond acceptors (Lipinski definition) is 7. The standard InChI is InChI=1S/C23H25N3O4S/c1-4-28-18-13-16(14-19(29-5-2)22(18)30-6-3)23(27)26-17-10-12-25-21(15-17)31-20-9-7-8-11-24-20/h7-15H,4-6H2,1-3H3,(H,25,26,27). The number of anilines is 1. The maximum absolute atomic E-state index is 13.0. The molecule has 31 heavy (non-hydrogen) atoms. The Labute approximate surface area is 186 Å². The minimum atomic E-state index is -0.287. The van der Waals surface area contributed by atoms with Gasteiger partial charge in [-0.1, -0.05) is 17.8 Å². The van der Waals surface area contributed by atoms with Crippen molar-refractivity contribution < 1.29 is 19.0 Å². The lowest BCUT2D eigenvalue weighted by atomic mass is 10.1. The van der Waals surface area contributed by atoms with Crippen LogP contribution in [0.4, 0.5) is 5.69 Å². The van der Waals surface area contributed by atoms with E-state index in [1.807, 2.05) is 39.0 Å². The first-order chi connectivity index (χ1) is 15.1. The van der Waals surface area contributed by atoms with Gasteiger partial charge in [-0.3, -0.25) is 4.79 Å². The topological polar surface area (TPSA) is 82.6 Å². The number of ether oxygens (including phenoxy) is 3. The number of hydrogen-bond donors (Lipinski definition) is 1. The summed E-state index contributed by atoms with van der Waals surface area (Å²) in [5, 5.41) is 4.47. The molecule has 1 amide bonds. The number of pyridine rings is 2. The first-order valence-corrected chi connectivity index (χ1v) is 10.9. The number of nitrogens with one attached hydrogen (secondary N) is 1. The van der Waals surface area contributed by atoms with Crippen molar-refractivity contribution in [3.8, 4) is 17.2 Å². The molecule has 1 aromatic carbocycles. The second-order valence-electron chi connectivity index (χ2n) is 6.21. The van der Waals surface area contributed by atoms with Gasteiger partial charge in [0, 0.05) is 23.6 Å². The van der Waals surface area contributed by atoms with Gasteiger partial charge in [-0.2, -0.15) is 0 Å². The average molecular weight is 440 g/mol. The monoisotopic (exact) mass is 439 g/mol. The van der Waals surface area contributed by atoms with Gasteiger partial charge in [0.1, 0.15) is 10.1 Å². The number of rotatable bonds is 10. The molecule has 0 saturated carbocycles. The van der Waals surface area contributed by atoms with Crippen molar-refractivity contribution >= 4 is 23.4 Å². The van der Waals surface area contributed by atoms with Crippen LogP contribution in [0.2, 0.25) is 0 Å². The third-order valence-electron chi connectivity index (χ3n) is 4.01. The van der Waals surface area contributed by atoms with E-state index in [1.54, 1.807) is 36.7 Å². The quantitative estimate of drug-likeness (QED) is 0.472. The van der Waals surface area contributed by atoms with Crippen molar-refractivity contribution in [2.45, 2.75) is 30.8 Å². The van der Waals surface area contributed by atoms with Gasteiger partial charge in [0.25, 0.3) is 5.91 Å². The predicted molar refractivity (Wildman–Crippen MR) is 120 cm³/mol. The molecule has 0 atom stereocenters. The van der Waals surface area contributed by atoms with Crippen LogP contribution in [0.5, 0.6) is 17.2 Å². The Balaban J connectivity index is 1.83. The lowest BCUT2D eigenvalue weighted by Gasteiger charge is -2.17. The Morgan fingerprint density at radius 1 is 0.871 bits per heavy atom. The summed E-state index contributed by atoms with van der Waals surface area (Å²) in [6.45, 7) is 6.97. The van der Waals surface area contributed by atoms with Crippen LogP contribution in [-0.4, -0.2) is 35.7 Å². The van der Waals surface area contributed by atoms with Crippen LogP contribution in [0, 0.1) is 0 Å². The fourth-order valence-electron chi connectivity index (χ4n) is 2.78. The van der Waals surface area contributed by atoms with Crippen LogP contribution >= 0.6 is 11.8 Å². The van der Waals surface area contributed by atoms with Crippen molar-refractivity contribution in [3.63, 3.8) is 0 Å². The molecule has 162 valence electrons. The number of carbonyl (C=O) groups is 1. The molecule has 0 saturated heterocycles. The zero-order valence-electron chi connectivity index (χ0n) is 17.8. The van der Waals surface area contributed by atoms with E-state index in [1.165, 1.54) is 11.8 Å². The van der Waals surface area contributed by atoms with Gasteiger partial charge in [0.2, 0.25) is 5.75 Å². The highest BCUT2D eigenvalue weighted by atomic mass is 32.2. The van der Waals surface area contributed by atoms with Crippen LogP contribution in [0.1, 0.15) is 31.1 Å². The number of benzene rings is 1. The maximum Gasteiger partial charge on any atom is 0.255 e. The van der Waals surface area contributed by atoms with Gasteiger partial charge in [0.05, 0.1) is 19.8 Å².